The predicted molar refractivity (Wildman–Crippen MR) is 121 cm³/mol. The monoisotopic (exact) mass is 495 g/mol. The number of sulfonamides is 1. The second kappa shape index (κ2) is 8.23. The number of hydrogen-bond acceptors (Lipinski definition) is 7. The summed E-state index contributed by atoms with van der Waals surface area (Å²) in [6, 6.07) is 7.50. The molecular weight excluding hydrogens is 481 g/mol. The Hall–Kier alpha value is -2.89. The number of halogens is 2. The molecule has 1 amide bonds. The summed E-state index contributed by atoms with van der Waals surface area (Å²) in [5.41, 5.74) is 0.708. The first-order valence-corrected chi connectivity index (χ1v) is 11.6. The van der Waals surface area contributed by atoms with Crippen LogP contribution in [0.3, 0.4) is 0 Å². The minimum Gasteiger partial charge on any atom is -0.621 e. The summed E-state index contributed by atoms with van der Waals surface area (Å²) in [7, 11) is -2.11. The number of hydrogen-bond donors (Lipinski definition) is 2. The Morgan fingerprint density at radius 2 is 1.88 bits per heavy atom. The zero-order chi connectivity index (χ0) is 23.2. The third-order valence-corrected chi connectivity index (χ3v) is 5.82. The first kappa shape index (κ1) is 22.3. The minimum atomic E-state index is -3.54. The fraction of sp³-hybridized carbons (Fsp3) is 0.100. The number of fused-ring (bicyclic) bond motifs is 3. The van der Waals surface area contributed by atoms with Gasteiger partial charge in [0.1, 0.15) is 15.6 Å². The van der Waals surface area contributed by atoms with Gasteiger partial charge < -0.3 is 14.4 Å². The third kappa shape index (κ3) is 3.98. The Bertz CT molecular complexity index is 1470. The van der Waals surface area contributed by atoms with E-state index in [4.69, 9.17) is 32.4 Å². The van der Waals surface area contributed by atoms with Crippen molar-refractivity contribution in [3.05, 3.63) is 63.5 Å². The highest BCUT2D eigenvalue weighted by Gasteiger charge is 2.27. The van der Waals surface area contributed by atoms with Gasteiger partial charge in [0.05, 0.1) is 31.3 Å². The van der Waals surface area contributed by atoms with Crippen LogP contribution in [0.25, 0.3) is 21.9 Å². The Labute approximate surface area is 192 Å². The fourth-order valence-electron chi connectivity index (χ4n) is 3.35. The fourth-order valence-corrected chi connectivity index (χ4v) is 4.44. The van der Waals surface area contributed by atoms with Crippen LogP contribution in [-0.4, -0.2) is 32.7 Å². The van der Waals surface area contributed by atoms with Gasteiger partial charge in [-0.25, -0.2) is 13.2 Å². The minimum absolute atomic E-state index is 0.0185. The highest BCUT2D eigenvalue weighted by atomic mass is 35.5. The number of carbonyl (C=O) groups is 1. The first-order chi connectivity index (χ1) is 15.1. The maximum Gasteiger partial charge on any atom is 0.350 e. The summed E-state index contributed by atoms with van der Waals surface area (Å²) < 4.78 is 36.8. The number of hydroxylamine groups is 1. The van der Waals surface area contributed by atoms with Gasteiger partial charge in [0, 0.05) is 16.5 Å². The number of nitrogens with one attached hydrogen (secondary N) is 2. The molecule has 2 aromatic carbocycles. The van der Waals surface area contributed by atoms with Gasteiger partial charge in [-0.2, -0.15) is 0 Å². The van der Waals surface area contributed by atoms with Crippen LogP contribution >= 0.6 is 23.2 Å². The van der Waals surface area contributed by atoms with Gasteiger partial charge >= 0.3 is 5.91 Å². The van der Waals surface area contributed by atoms with E-state index in [9.17, 15) is 18.4 Å². The molecule has 0 saturated heterocycles. The van der Waals surface area contributed by atoms with Crippen LogP contribution in [0.1, 0.15) is 10.4 Å². The Morgan fingerprint density at radius 1 is 1.19 bits per heavy atom. The van der Waals surface area contributed by atoms with Gasteiger partial charge in [0.25, 0.3) is 0 Å². The van der Waals surface area contributed by atoms with Crippen LogP contribution in [0.5, 0.6) is 5.75 Å². The summed E-state index contributed by atoms with van der Waals surface area (Å²) in [5.74, 6) is -0.547. The number of methoxy groups -OCH3 is 1. The zero-order valence-corrected chi connectivity index (χ0v) is 18.9. The summed E-state index contributed by atoms with van der Waals surface area (Å²) in [4.78, 5) is 17.0. The molecule has 2 heterocycles. The van der Waals surface area contributed by atoms with Crippen LogP contribution in [0, 0.1) is 5.21 Å². The number of anilines is 1. The zero-order valence-electron chi connectivity index (χ0n) is 16.6. The van der Waals surface area contributed by atoms with Crippen LogP contribution in [0.2, 0.25) is 10.0 Å². The molecule has 4 aromatic rings. The van der Waals surface area contributed by atoms with Crippen molar-refractivity contribution in [2.24, 2.45) is 0 Å². The van der Waals surface area contributed by atoms with Crippen LogP contribution in [0.15, 0.2) is 47.1 Å². The summed E-state index contributed by atoms with van der Waals surface area (Å²) in [6.45, 7) is 0. The molecule has 9 nitrogen and oxygen atoms in total. The molecule has 0 fully saturated rings. The highest BCUT2D eigenvalue weighted by Crippen LogP contribution is 2.38. The molecule has 0 aliphatic heterocycles. The smallest absolute Gasteiger partial charge is 0.350 e. The maximum atomic E-state index is 13.2. The number of rotatable bonds is 5. The quantitative estimate of drug-likeness (QED) is 0.405. The number of carbonyl (C=O) groups excluding carboxylic acids is 1. The van der Waals surface area contributed by atoms with Gasteiger partial charge in [-0.15, -0.1) is 0 Å². The van der Waals surface area contributed by atoms with Crippen molar-refractivity contribution in [3.8, 4) is 5.75 Å². The van der Waals surface area contributed by atoms with E-state index >= 15 is 0 Å². The summed E-state index contributed by atoms with van der Waals surface area (Å²) >= 11 is 12.1. The molecule has 0 saturated carbocycles. The number of ether oxygens (including phenoxy) is 1. The molecule has 2 aromatic heterocycles. The van der Waals surface area contributed by atoms with Crippen molar-refractivity contribution in [2.45, 2.75) is 0 Å². The predicted octanol–water partition coefficient (Wildman–Crippen LogP) is 3.52. The lowest BCUT2D eigenvalue weighted by atomic mass is 10.0. The van der Waals surface area contributed by atoms with E-state index in [-0.39, 0.29) is 38.0 Å². The second-order valence-electron chi connectivity index (χ2n) is 6.84. The molecule has 1 unspecified atom stereocenters. The number of benzene rings is 2. The summed E-state index contributed by atoms with van der Waals surface area (Å²) in [5, 5.41) is 12.7. The van der Waals surface area contributed by atoms with E-state index in [1.807, 2.05) is 0 Å². The number of quaternary nitrogens is 1. The van der Waals surface area contributed by atoms with Crippen LogP contribution in [0.4, 0.5) is 11.4 Å². The second-order valence-corrected chi connectivity index (χ2v) is 9.41. The van der Waals surface area contributed by atoms with E-state index in [0.29, 0.717) is 16.7 Å². The van der Waals surface area contributed by atoms with E-state index in [1.54, 1.807) is 6.07 Å². The van der Waals surface area contributed by atoms with Gasteiger partial charge in [-0.05, 0) is 30.3 Å². The molecule has 4 rings (SSSR count). The third-order valence-electron chi connectivity index (χ3n) is 4.64. The van der Waals surface area contributed by atoms with E-state index in [2.05, 4.69) is 9.71 Å². The SMILES string of the molecule is COc1ccc(C(=O)[NH+]([O-])c2c(Cl)cncc2Cl)c2c1oc1ccc(NS(C)(=O)=O)cc12. The number of aromatic nitrogens is 1. The van der Waals surface area contributed by atoms with Crippen LogP contribution in [-0.2, 0) is 10.0 Å². The van der Waals surface area contributed by atoms with Gasteiger partial charge in [-0.3, -0.25) is 14.8 Å². The molecule has 0 spiro atoms. The lowest BCUT2D eigenvalue weighted by Gasteiger charge is -2.21. The number of furan rings is 1. The Balaban J connectivity index is 1.95. The average Bonchev–Trinajstić information content (AvgIpc) is 3.10. The molecule has 0 aliphatic rings. The van der Waals surface area contributed by atoms with Crippen molar-refractivity contribution in [3.63, 3.8) is 0 Å². The van der Waals surface area contributed by atoms with Crippen molar-refractivity contribution in [1.29, 1.82) is 0 Å². The number of pyridine rings is 1. The van der Waals surface area contributed by atoms with Crippen LogP contribution < -0.4 is 14.5 Å². The Kier molecular flexibility index (Phi) is 5.74. The first-order valence-electron chi connectivity index (χ1n) is 9.00. The summed E-state index contributed by atoms with van der Waals surface area (Å²) in [6.07, 6.45) is 3.45. The standard InChI is InChI=1S/C20H15Cl2N3O6S/c1-30-16-6-4-11(20(26)25(27)18-13(21)8-23-9-14(18)22)17-12-7-10(24-32(2,28)29)3-5-15(12)31-19(16)17/h3-9,24-25H,1-2H3. The number of amides is 1. The molecule has 0 radical (unpaired) electrons. The van der Waals surface area contributed by atoms with Crippen molar-refractivity contribution in [1.82, 2.24) is 4.98 Å². The topological polar surface area (TPSA) is 126 Å². The van der Waals surface area contributed by atoms with Crippen molar-refractivity contribution >= 4 is 72.4 Å². The highest BCUT2D eigenvalue weighted by molar-refractivity contribution is 7.92. The molecule has 1 atom stereocenters. The van der Waals surface area contributed by atoms with Gasteiger partial charge in [0.15, 0.2) is 17.0 Å². The largest absolute Gasteiger partial charge is 0.621 e. The van der Waals surface area contributed by atoms with Crippen molar-refractivity contribution < 1.29 is 27.4 Å². The van der Waals surface area contributed by atoms with E-state index in [1.165, 1.54) is 43.8 Å². The average molecular weight is 496 g/mol. The molecule has 0 aliphatic carbocycles. The normalized spacial score (nSPS) is 12.8. The number of nitrogens with zero attached hydrogens (tertiary/aromatic N) is 1. The van der Waals surface area contributed by atoms with Gasteiger partial charge in [0.2, 0.25) is 10.0 Å². The maximum absolute atomic E-state index is 13.2. The van der Waals surface area contributed by atoms with E-state index < -0.39 is 21.0 Å². The molecular formula is C20H15Cl2N3O6S. The Morgan fingerprint density at radius 3 is 2.50 bits per heavy atom. The molecule has 32 heavy (non-hydrogen) atoms. The van der Waals surface area contributed by atoms with E-state index in [0.717, 1.165) is 6.26 Å². The van der Waals surface area contributed by atoms with Gasteiger partial charge in [-0.1, -0.05) is 23.2 Å². The molecule has 2 N–H and O–H groups in total. The lowest BCUT2D eigenvalue weighted by Crippen LogP contribution is -3.05. The molecule has 0 bridgehead atoms. The molecule has 12 heteroatoms. The van der Waals surface area contributed by atoms with Crippen molar-refractivity contribution in [2.75, 3.05) is 18.1 Å². The lowest BCUT2D eigenvalue weighted by molar-refractivity contribution is -0.679. The molecule has 166 valence electrons.